The lowest BCUT2D eigenvalue weighted by Gasteiger charge is -2.17. The number of likely N-dealkylation sites (N-methyl/N-ethyl adjacent to an activating group) is 1. The highest BCUT2D eigenvalue weighted by atomic mass is 16.2. The molecule has 0 aliphatic rings. The fourth-order valence-electron chi connectivity index (χ4n) is 3.50. The first-order valence-corrected chi connectivity index (χ1v) is 9.54. The number of rotatable bonds is 5. The zero-order valence-corrected chi connectivity index (χ0v) is 17.1. The molecule has 0 saturated carbocycles. The lowest BCUT2D eigenvalue weighted by molar-refractivity contribution is -0.131. The summed E-state index contributed by atoms with van der Waals surface area (Å²) in [4.78, 5) is 19.0. The highest BCUT2D eigenvalue weighted by molar-refractivity contribution is 5.95. The van der Waals surface area contributed by atoms with Crippen LogP contribution in [-0.4, -0.2) is 42.4 Å². The van der Waals surface area contributed by atoms with Crippen LogP contribution in [-0.2, 0) is 24.9 Å². The number of amides is 1. The second kappa shape index (κ2) is 7.50. The molecule has 4 rings (SSSR count). The van der Waals surface area contributed by atoms with Gasteiger partial charge in [-0.1, -0.05) is 29.8 Å². The number of aromatic nitrogens is 5. The van der Waals surface area contributed by atoms with Gasteiger partial charge in [-0.25, -0.2) is 9.67 Å². The molecule has 29 heavy (non-hydrogen) atoms. The van der Waals surface area contributed by atoms with E-state index < -0.39 is 0 Å². The number of hydrogen-bond acceptors (Lipinski definition) is 4. The van der Waals surface area contributed by atoms with Crippen molar-refractivity contribution in [3.63, 3.8) is 0 Å². The van der Waals surface area contributed by atoms with Crippen molar-refractivity contribution in [1.82, 2.24) is 29.4 Å². The summed E-state index contributed by atoms with van der Waals surface area (Å²) in [7, 11) is 3.66. The van der Waals surface area contributed by atoms with Gasteiger partial charge in [-0.05, 0) is 37.1 Å². The number of fused-ring (bicyclic) bond motifs is 1. The Bertz CT molecular complexity index is 1170. The molecule has 1 aromatic carbocycles. The van der Waals surface area contributed by atoms with E-state index in [1.807, 2.05) is 26.1 Å². The average molecular weight is 388 g/mol. The summed E-state index contributed by atoms with van der Waals surface area (Å²) in [5.41, 5.74) is 5.98. The highest BCUT2D eigenvalue weighted by Crippen LogP contribution is 2.30. The molecule has 3 aromatic heterocycles. The molecule has 0 fully saturated rings. The average Bonchev–Trinajstić information content (AvgIpc) is 3.25. The van der Waals surface area contributed by atoms with Crippen LogP contribution in [0.15, 0.2) is 48.8 Å². The molecule has 0 bridgehead atoms. The van der Waals surface area contributed by atoms with Gasteiger partial charge in [0.15, 0.2) is 5.65 Å². The molecule has 1 amide bonds. The lowest BCUT2D eigenvalue weighted by Crippen LogP contribution is -2.31. The molecule has 0 aliphatic heterocycles. The van der Waals surface area contributed by atoms with Crippen molar-refractivity contribution in [1.29, 1.82) is 0 Å². The molecule has 0 N–H and O–H groups in total. The first-order chi connectivity index (χ1) is 13.9. The fourth-order valence-corrected chi connectivity index (χ4v) is 3.50. The zero-order chi connectivity index (χ0) is 20.5. The van der Waals surface area contributed by atoms with Crippen molar-refractivity contribution in [2.24, 2.45) is 7.05 Å². The largest absolute Gasteiger partial charge is 0.338 e. The second-order valence-corrected chi connectivity index (χ2v) is 7.36. The van der Waals surface area contributed by atoms with E-state index in [-0.39, 0.29) is 12.5 Å². The fraction of sp³-hybridized carbons (Fsp3) is 0.273. The number of carbonyl (C=O) groups is 1. The number of carbonyl (C=O) groups excluding carboxylic acids is 1. The highest BCUT2D eigenvalue weighted by Gasteiger charge is 2.18. The van der Waals surface area contributed by atoms with Gasteiger partial charge in [0.05, 0.1) is 17.9 Å². The number of pyridine rings is 1. The minimum atomic E-state index is -0.0295. The van der Waals surface area contributed by atoms with Crippen molar-refractivity contribution >= 4 is 16.9 Å². The van der Waals surface area contributed by atoms with Crippen molar-refractivity contribution in [3.8, 4) is 11.1 Å². The van der Waals surface area contributed by atoms with E-state index in [1.165, 1.54) is 5.56 Å². The third-order valence-corrected chi connectivity index (χ3v) is 5.20. The van der Waals surface area contributed by atoms with Gasteiger partial charge < -0.3 is 4.90 Å². The predicted octanol–water partition coefficient (Wildman–Crippen LogP) is 3.11. The van der Waals surface area contributed by atoms with E-state index in [1.54, 1.807) is 33.7 Å². The summed E-state index contributed by atoms with van der Waals surface area (Å²) >= 11 is 0. The standard InChI is InChI=1S/C22H24N6O/c1-15-5-7-17(8-6-15)19-10-11-23-22-21(19)16(2)25-28(22)14-20(29)26(3)13-18-9-12-24-27(18)4/h5-12H,13-14H2,1-4H3. The summed E-state index contributed by atoms with van der Waals surface area (Å²) in [6.07, 6.45) is 3.51. The molecule has 0 aliphatic carbocycles. The Morgan fingerprint density at radius 3 is 2.52 bits per heavy atom. The molecule has 4 aromatic rings. The Morgan fingerprint density at radius 2 is 1.83 bits per heavy atom. The van der Waals surface area contributed by atoms with E-state index >= 15 is 0 Å². The molecular formula is C22H24N6O. The normalized spacial score (nSPS) is 11.2. The quantitative estimate of drug-likeness (QED) is 0.527. The summed E-state index contributed by atoms with van der Waals surface area (Å²) in [5, 5.41) is 9.76. The first-order valence-electron chi connectivity index (χ1n) is 9.54. The van der Waals surface area contributed by atoms with E-state index in [0.29, 0.717) is 6.54 Å². The van der Waals surface area contributed by atoms with E-state index in [0.717, 1.165) is 33.5 Å². The van der Waals surface area contributed by atoms with Crippen LogP contribution in [0.1, 0.15) is 17.0 Å². The van der Waals surface area contributed by atoms with Gasteiger partial charge in [0.25, 0.3) is 0 Å². The third-order valence-electron chi connectivity index (χ3n) is 5.20. The van der Waals surface area contributed by atoms with Crippen molar-refractivity contribution in [2.75, 3.05) is 7.05 Å². The molecule has 0 radical (unpaired) electrons. The van der Waals surface area contributed by atoms with E-state index in [9.17, 15) is 4.79 Å². The number of hydrogen-bond donors (Lipinski definition) is 0. The summed E-state index contributed by atoms with van der Waals surface area (Å²) < 4.78 is 3.47. The minimum Gasteiger partial charge on any atom is -0.338 e. The Kier molecular flexibility index (Phi) is 4.88. The van der Waals surface area contributed by atoms with Gasteiger partial charge in [0.2, 0.25) is 5.91 Å². The zero-order valence-electron chi connectivity index (χ0n) is 17.1. The third kappa shape index (κ3) is 3.63. The van der Waals surface area contributed by atoms with Gasteiger partial charge in [-0.15, -0.1) is 0 Å². The van der Waals surface area contributed by atoms with E-state index in [2.05, 4.69) is 46.4 Å². The topological polar surface area (TPSA) is 68.8 Å². The molecule has 7 nitrogen and oxygen atoms in total. The van der Waals surface area contributed by atoms with Crippen molar-refractivity contribution in [3.05, 3.63) is 65.7 Å². The Balaban J connectivity index is 1.63. The Hall–Kier alpha value is -3.48. The van der Waals surface area contributed by atoms with Crippen LogP contribution in [0.4, 0.5) is 0 Å². The van der Waals surface area contributed by atoms with Crippen LogP contribution in [0.3, 0.4) is 0 Å². The van der Waals surface area contributed by atoms with Crippen molar-refractivity contribution in [2.45, 2.75) is 26.9 Å². The van der Waals surface area contributed by atoms with Crippen LogP contribution < -0.4 is 0 Å². The molecule has 148 valence electrons. The predicted molar refractivity (Wildman–Crippen MR) is 112 cm³/mol. The Morgan fingerprint density at radius 1 is 1.07 bits per heavy atom. The first kappa shape index (κ1) is 18.9. The van der Waals surface area contributed by atoms with Gasteiger partial charge in [0, 0.05) is 31.9 Å². The maximum atomic E-state index is 12.8. The van der Waals surface area contributed by atoms with Crippen LogP contribution >= 0.6 is 0 Å². The van der Waals surface area contributed by atoms with Crippen LogP contribution in [0.2, 0.25) is 0 Å². The van der Waals surface area contributed by atoms with Crippen LogP contribution in [0, 0.1) is 13.8 Å². The maximum absolute atomic E-state index is 12.8. The molecular weight excluding hydrogens is 364 g/mol. The molecule has 0 unspecified atom stereocenters. The number of aryl methyl sites for hydroxylation is 3. The van der Waals surface area contributed by atoms with Gasteiger partial charge in [0.1, 0.15) is 6.54 Å². The van der Waals surface area contributed by atoms with Gasteiger partial charge in [-0.3, -0.25) is 9.48 Å². The van der Waals surface area contributed by atoms with Crippen LogP contribution in [0.25, 0.3) is 22.2 Å². The van der Waals surface area contributed by atoms with Crippen molar-refractivity contribution < 1.29 is 4.79 Å². The van der Waals surface area contributed by atoms with Gasteiger partial charge >= 0.3 is 0 Å². The molecule has 0 saturated heterocycles. The minimum absolute atomic E-state index is 0.0295. The summed E-state index contributed by atoms with van der Waals surface area (Å²) in [6.45, 7) is 4.67. The number of benzene rings is 1. The molecule has 3 heterocycles. The Labute approximate surface area is 169 Å². The maximum Gasteiger partial charge on any atom is 0.244 e. The van der Waals surface area contributed by atoms with E-state index in [4.69, 9.17) is 0 Å². The SMILES string of the molecule is Cc1ccc(-c2ccnc3c2c(C)nn3CC(=O)N(C)Cc2ccnn2C)cc1. The molecule has 0 spiro atoms. The monoisotopic (exact) mass is 388 g/mol. The second-order valence-electron chi connectivity index (χ2n) is 7.36. The smallest absolute Gasteiger partial charge is 0.244 e. The van der Waals surface area contributed by atoms with Crippen LogP contribution in [0.5, 0.6) is 0 Å². The van der Waals surface area contributed by atoms with Gasteiger partial charge in [-0.2, -0.15) is 10.2 Å². The molecule has 0 atom stereocenters. The number of nitrogens with zero attached hydrogens (tertiary/aromatic N) is 6. The lowest BCUT2D eigenvalue weighted by atomic mass is 10.0. The molecule has 7 heteroatoms. The summed E-state index contributed by atoms with van der Waals surface area (Å²) in [5.74, 6) is -0.0295. The summed E-state index contributed by atoms with van der Waals surface area (Å²) in [6, 6.07) is 12.3.